The van der Waals surface area contributed by atoms with Crippen LogP contribution in [0.15, 0.2) is 54.2 Å². The maximum absolute atomic E-state index is 11.9. The summed E-state index contributed by atoms with van der Waals surface area (Å²) in [5.41, 5.74) is 5.38. The summed E-state index contributed by atoms with van der Waals surface area (Å²) in [5.74, 6) is 0. The SMILES string of the molecule is O=C1NC2=C(Cc3ccccc32)[C@H](c2ccccn2)N1. The fraction of sp³-hybridized carbons (Fsp3) is 0.125. The molecule has 1 aliphatic carbocycles. The predicted octanol–water partition coefficient (Wildman–Crippen LogP) is 2.40. The van der Waals surface area contributed by atoms with Crippen LogP contribution in [0.1, 0.15) is 22.9 Å². The molecular formula is C16H13N3O. The minimum atomic E-state index is -0.170. The van der Waals surface area contributed by atoms with Gasteiger partial charge in [-0.1, -0.05) is 30.3 Å². The topological polar surface area (TPSA) is 54.0 Å². The van der Waals surface area contributed by atoms with E-state index in [0.29, 0.717) is 0 Å². The van der Waals surface area contributed by atoms with Gasteiger partial charge in [0.15, 0.2) is 0 Å². The molecule has 4 rings (SSSR count). The molecule has 0 saturated heterocycles. The average Bonchev–Trinajstić information content (AvgIpc) is 2.86. The van der Waals surface area contributed by atoms with Crippen molar-refractivity contribution >= 4 is 11.7 Å². The van der Waals surface area contributed by atoms with Crippen LogP contribution in [0.3, 0.4) is 0 Å². The van der Waals surface area contributed by atoms with Gasteiger partial charge in [-0.05, 0) is 29.7 Å². The molecule has 1 aromatic carbocycles. The van der Waals surface area contributed by atoms with E-state index in [1.165, 1.54) is 11.1 Å². The highest BCUT2D eigenvalue weighted by Crippen LogP contribution is 2.39. The molecule has 0 saturated carbocycles. The maximum atomic E-state index is 11.9. The number of nitrogens with one attached hydrogen (secondary N) is 2. The Labute approximate surface area is 116 Å². The average molecular weight is 263 g/mol. The molecule has 2 amide bonds. The van der Waals surface area contributed by atoms with Crippen molar-refractivity contribution in [2.75, 3.05) is 0 Å². The van der Waals surface area contributed by atoms with Crippen molar-refractivity contribution < 1.29 is 4.79 Å². The fourth-order valence-corrected chi connectivity index (χ4v) is 2.95. The maximum Gasteiger partial charge on any atom is 0.320 e. The number of amides is 2. The second-order valence-corrected chi connectivity index (χ2v) is 5.02. The first-order valence-electron chi connectivity index (χ1n) is 6.63. The van der Waals surface area contributed by atoms with E-state index in [9.17, 15) is 4.79 Å². The van der Waals surface area contributed by atoms with Crippen LogP contribution in [0.2, 0.25) is 0 Å². The van der Waals surface area contributed by atoms with Gasteiger partial charge in [0.2, 0.25) is 0 Å². The van der Waals surface area contributed by atoms with E-state index in [-0.39, 0.29) is 12.1 Å². The molecule has 2 heterocycles. The van der Waals surface area contributed by atoms with E-state index < -0.39 is 0 Å². The lowest BCUT2D eigenvalue weighted by molar-refractivity contribution is 0.240. The zero-order valence-electron chi connectivity index (χ0n) is 10.8. The summed E-state index contributed by atoms with van der Waals surface area (Å²) in [7, 11) is 0. The number of aromatic nitrogens is 1. The Morgan fingerprint density at radius 2 is 1.95 bits per heavy atom. The molecule has 0 bridgehead atoms. The van der Waals surface area contributed by atoms with Crippen LogP contribution in [-0.4, -0.2) is 11.0 Å². The van der Waals surface area contributed by atoms with E-state index in [1.54, 1.807) is 6.20 Å². The first kappa shape index (κ1) is 11.2. The molecule has 0 radical (unpaired) electrons. The van der Waals surface area contributed by atoms with E-state index >= 15 is 0 Å². The van der Waals surface area contributed by atoms with Gasteiger partial charge in [-0.3, -0.25) is 4.98 Å². The summed E-state index contributed by atoms with van der Waals surface area (Å²) in [4.78, 5) is 16.3. The summed E-state index contributed by atoms with van der Waals surface area (Å²) in [6, 6.07) is 13.6. The number of benzene rings is 1. The number of pyridine rings is 1. The van der Waals surface area contributed by atoms with Gasteiger partial charge in [0.05, 0.1) is 17.4 Å². The van der Waals surface area contributed by atoms with Crippen molar-refractivity contribution in [3.05, 3.63) is 71.1 Å². The second kappa shape index (κ2) is 4.20. The summed E-state index contributed by atoms with van der Waals surface area (Å²) < 4.78 is 0. The first-order valence-corrected chi connectivity index (χ1v) is 6.63. The molecule has 1 aromatic heterocycles. The summed E-state index contributed by atoms with van der Waals surface area (Å²) >= 11 is 0. The number of fused-ring (bicyclic) bond motifs is 2. The van der Waals surface area contributed by atoms with Crippen LogP contribution >= 0.6 is 0 Å². The van der Waals surface area contributed by atoms with Crippen molar-refractivity contribution in [3.8, 4) is 0 Å². The summed E-state index contributed by atoms with van der Waals surface area (Å²) in [6.45, 7) is 0. The van der Waals surface area contributed by atoms with Gasteiger partial charge in [-0.15, -0.1) is 0 Å². The molecule has 2 N–H and O–H groups in total. The lowest BCUT2D eigenvalue weighted by Gasteiger charge is -2.26. The summed E-state index contributed by atoms with van der Waals surface area (Å²) in [6.07, 6.45) is 2.60. The predicted molar refractivity (Wildman–Crippen MR) is 75.7 cm³/mol. The van der Waals surface area contributed by atoms with Gasteiger partial charge >= 0.3 is 6.03 Å². The monoisotopic (exact) mass is 263 g/mol. The van der Waals surface area contributed by atoms with E-state index in [4.69, 9.17) is 0 Å². The van der Waals surface area contributed by atoms with E-state index in [1.807, 2.05) is 30.3 Å². The molecule has 0 fully saturated rings. The number of rotatable bonds is 1. The molecular weight excluding hydrogens is 250 g/mol. The first-order chi connectivity index (χ1) is 9.83. The largest absolute Gasteiger partial charge is 0.326 e. The van der Waals surface area contributed by atoms with Crippen LogP contribution in [0.5, 0.6) is 0 Å². The van der Waals surface area contributed by atoms with Gasteiger partial charge in [-0.2, -0.15) is 0 Å². The van der Waals surface area contributed by atoms with Crippen molar-refractivity contribution in [1.29, 1.82) is 0 Å². The Kier molecular flexibility index (Phi) is 2.36. The molecule has 0 spiro atoms. The highest BCUT2D eigenvalue weighted by Gasteiger charge is 2.34. The Balaban J connectivity index is 1.84. The number of carbonyl (C=O) groups excluding carboxylic acids is 1. The third kappa shape index (κ3) is 1.61. The third-order valence-corrected chi connectivity index (χ3v) is 3.83. The smallest absolute Gasteiger partial charge is 0.320 e. The van der Waals surface area contributed by atoms with Gasteiger partial charge in [0, 0.05) is 11.8 Å². The van der Waals surface area contributed by atoms with Gasteiger partial charge in [-0.25, -0.2) is 4.79 Å². The number of hydrogen-bond acceptors (Lipinski definition) is 2. The molecule has 2 aliphatic rings. The van der Waals surface area contributed by atoms with Crippen LogP contribution in [0, 0.1) is 0 Å². The van der Waals surface area contributed by atoms with Crippen molar-refractivity contribution in [2.45, 2.75) is 12.5 Å². The van der Waals surface area contributed by atoms with Crippen molar-refractivity contribution in [2.24, 2.45) is 0 Å². The molecule has 98 valence electrons. The van der Waals surface area contributed by atoms with Crippen molar-refractivity contribution in [1.82, 2.24) is 15.6 Å². The minimum Gasteiger partial charge on any atom is -0.326 e. The van der Waals surface area contributed by atoms with Crippen LogP contribution in [0.25, 0.3) is 5.70 Å². The lowest BCUT2D eigenvalue weighted by Crippen LogP contribution is -2.42. The van der Waals surface area contributed by atoms with E-state index in [0.717, 1.165) is 23.4 Å². The van der Waals surface area contributed by atoms with Crippen molar-refractivity contribution in [3.63, 3.8) is 0 Å². The Hall–Kier alpha value is -2.62. The number of urea groups is 1. The quantitative estimate of drug-likeness (QED) is 0.830. The number of hydrogen-bond donors (Lipinski definition) is 2. The molecule has 0 unspecified atom stereocenters. The molecule has 4 nitrogen and oxygen atoms in total. The molecule has 1 atom stereocenters. The number of nitrogens with zero attached hydrogens (tertiary/aromatic N) is 1. The Bertz CT molecular complexity index is 722. The fourth-order valence-electron chi connectivity index (χ4n) is 2.95. The van der Waals surface area contributed by atoms with Crippen LogP contribution in [0.4, 0.5) is 4.79 Å². The molecule has 1 aliphatic heterocycles. The normalized spacial score (nSPS) is 20.0. The van der Waals surface area contributed by atoms with Crippen LogP contribution in [-0.2, 0) is 6.42 Å². The van der Waals surface area contributed by atoms with Crippen LogP contribution < -0.4 is 10.6 Å². The highest BCUT2D eigenvalue weighted by atomic mass is 16.2. The third-order valence-electron chi connectivity index (χ3n) is 3.83. The van der Waals surface area contributed by atoms with Gasteiger partial charge < -0.3 is 10.6 Å². The lowest BCUT2D eigenvalue weighted by atomic mass is 9.99. The van der Waals surface area contributed by atoms with E-state index in [2.05, 4.69) is 27.8 Å². The highest BCUT2D eigenvalue weighted by molar-refractivity contribution is 5.92. The Morgan fingerprint density at radius 3 is 2.80 bits per heavy atom. The zero-order valence-corrected chi connectivity index (χ0v) is 10.8. The summed E-state index contributed by atoms with van der Waals surface area (Å²) in [5, 5.41) is 5.90. The zero-order chi connectivity index (χ0) is 13.5. The standard InChI is InChI=1S/C16H13N3O/c20-16-18-14-11-6-2-1-5-10(11)9-12(14)15(19-16)13-7-3-4-8-17-13/h1-8,15H,9H2,(H2,18,19,20)/t15-/m1/s1. The molecule has 4 heteroatoms. The molecule has 20 heavy (non-hydrogen) atoms. The van der Waals surface area contributed by atoms with Gasteiger partial charge in [0.1, 0.15) is 0 Å². The molecule has 2 aromatic rings. The minimum absolute atomic E-state index is 0.146. The van der Waals surface area contributed by atoms with Gasteiger partial charge in [0.25, 0.3) is 0 Å². The Morgan fingerprint density at radius 1 is 1.10 bits per heavy atom. The second-order valence-electron chi connectivity index (χ2n) is 5.02. The number of carbonyl (C=O) groups is 1.